The monoisotopic (exact) mass is 330 g/mol. The van der Waals surface area contributed by atoms with Crippen molar-refractivity contribution in [2.75, 3.05) is 26.0 Å². The maximum atomic E-state index is 13.6. The van der Waals surface area contributed by atoms with E-state index in [0.717, 1.165) is 0 Å². The van der Waals surface area contributed by atoms with Crippen LogP contribution in [0.15, 0.2) is 48.5 Å². The van der Waals surface area contributed by atoms with E-state index in [2.05, 4.69) is 5.32 Å². The first-order valence-corrected chi connectivity index (χ1v) is 7.41. The van der Waals surface area contributed by atoms with Crippen LogP contribution in [0.3, 0.4) is 0 Å². The quantitative estimate of drug-likeness (QED) is 0.885. The van der Waals surface area contributed by atoms with Gasteiger partial charge in [-0.1, -0.05) is 18.2 Å². The molecule has 0 aliphatic rings. The minimum Gasteiger partial charge on any atom is -0.497 e. The molecule has 0 saturated carbocycles. The Morgan fingerprint density at radius 3 is 2.42 bits per heavy atom. The number of halogens is 1. The summed E-state index contributed by atoms with van der Waals surface area (Å²) in [7, 11) is 3.07. The summed E-state index contributed by atoms with van der Waals surface area (Å²) in [5.74, 6) is -0.401. The number of ether oxygens (including phenoxy) is 1. The fourth-order valence-electron chi connectivity index (χ4n) is 2.12. The molecule has 6 heteroatoms. The lowest BCUT2D eigenvalue weighted by atomic mass is 10.1. The Hall–Kier alpha value is -2.89. The van der Waals surface area contributed by atoms with Gasteiger partial charge in [-0.25, -0.2) is 4.39 Å². The van der Waals surface area contributed by atoms with Crippen LogP contribution in [0.25, 0.3) is 0 Å². The van der Waals surface area contributed by atoms with Gasteiger partial charge in [0.1, 0.15) is 11.6 Å². The number of nitrogens with zero attached hydrogens (tertiary/aromatic N) is 1. The Kier molecular flexibility index (Phi) is 5.89. The molecule has 2 aromatic carbocycles. The number of rotatable bonds is 6. The molecule has 0 bridgehead atoms. The van der Waals surface area contributed by atoms with Gasteiger partial charge in [0.25, 0.3) is 0 Å². The molecule has 5 nitrogen and oxygen atoms in total. The first kappa shape index (κ1) is 17.5. The second-order valence-corrected chi connectivity index (χ2v) is 5.29. The molecular formula is C18H19FN2O3. The van der Waals surface area contributed by atoms with Crippen molar-refractivity contribution in [3.05, 3.63) is 59.9 Å². The molecule has 24 heavy (non-hydrogen) atoms. The Balaban J connectivity index is 1.88. The molecule has 0 aliphatic heterocycles. The number of benzene rings is 2. The van der Waals surface area contributed by atoms with Crippen LogP contribution in [0.1, 0.15) is 5.56 Å². The smallest absolute Gasteiger partial charge is 0.243 e. The van der Waals surface area contributed by atoms with Crippen LogP contribution in [-0.4, -0.2) is 37.4 Å². The van der Waals surface area contributed by atoms with Crippen molar-refractivity contribution < 1.29 is 18.7 Å². The highest BCUT2D eigenvalue weighted by molar-refractivity contribution is 5.94. The van der Waals surface area contributed by atoms with Crippen molar-refractivity contribution in [3.8, 4) is 5.75 Å². The van der Waals surface area contributed by atoms with Crippen LogP contribution < -0.4 is 10.1 Å². The molecule has 1 N–H and O–H groups in total. The van der Waals surface area contributed by atoms with E-state index in [-0.39, 0.29) is 24.8 Å². The van der Waals surface area contributed by atoms with E-state index in [4.69, 9.17) is 4.74 Å². The van der Waals surface area contributed by atoms with E-state index in [1.54, 1.807) is 49.6 Å². The summed E-state index contributed by atoms with van der Waals surface area (Å²) in [4.78, 5) is 25.4. The summed E-state index contributed by atoms with van der Waals surface area (Å²) in [6, 6.07) is 13.0. The number of likely N-dealkylation sites (N-methyl/N-ethyl adjacent to an activating group) is 1. The second-order valence-electron chi connectivity index (χ2n) is 5.29. The zero-order valence-corrected chi connectivity index (χ0v) is 13.6. The minimum absolute atomic E-state index is 0.0843. The average molecular weight is 330 g/mol. The third-order valence-electron chi connectivity index (χ3n) is 3.48. The van der Waals surface area contributed by atoms with Gasteiger partial charge >= 0.3 is 0 Å². The van der Waals surface area contributed by atoms with Crippen molar-refractivity contribution in [2.24, 2.45) is 0 Å². The summed E-state index contributed by atoms with van der Waals surface area (Å²) in [6.07, 6.45) is -0.0843. The lowest BCUT2D eigenvalue weighted by molar-refractivity contribution is -0.132. The Morgan fingerprint density at radius 2 is 1.79 bits per heavy atom. The molecular weight excluding hydrogens is 311 g/mol. The Morgan fingerprint density at radius 1 is 1.12 bits per heavy atom. The maximum Gasteiger partial charge on any atom is 0.243 e. The first-order valence-electron chi connectivity index (χ1n) is 7.41. The summed E-state index contributed by atoms with van der Waals surface area (Å²) >= 11 is 0. The number of nitrogens with one attached hydrogen (secondary N) is 1. The molecule has 0 aliphatic carbocycles. The van der Waals surface area contributed by atoms with E-state index in [0.29, 0.717) is 17.0 Å². The van der Waals surface area contributed by atoms with Crippen LogP contribution in [0.2, 0.25) is 0 Å². The number of hydrogen-bond donors (Lipinski definition) is 1. The minimum atomic E-state index is -0.429. The van der Waals surface area contributed by atoms with Gasteiger partial charge in [-0.3, -0.25) is 9.59 Å². The van der Waals surface area contributed by atoms with Gasteiger partial charge in [0.05, 0.1) is 20.1 Å². The molecule has 2 rings (SSSR count). The largest absolute Gasteiger partial charge is 0.497 e. The molecule has 0 spiro atoms. The van der Waals surface area contributed by atoms with E-state index >= 15 is 0 Å². The summed E-state index contributed by atoms with van der Waals surface area (Å²) in [6.45, 7) is -0.112. The standard InChI is InChI=1S/C18H19FN2O3/c1-21(18(23)11-13-5-3-4-6-16(13)19)12-17(22)20-14-7-9-15(24-2)10-8-14/h3-10H,11-12H2,1-2H3,(H,20,22). The van der Waals surface area contributed by atoms with Gasteiger partial charge in [0.15, 0.2) is 0 Å². The van der Waals surface area contributed by atoms with Crippen LogP contribution in [-0.2, 0) is 16.0 Å². The lowest BCUT2D eigenvalue weighted by Gasteiger charge is -2.17. The predicted molar refractivity (Wildman–Crippen MR) is 89.4 cm³/mol. The normalized spacial score (nSPS) is 10.1. The predicted octanol–water partition coefficient (Wildman–Crippen LogP) is 2.47. The lowest BCUT2D eigenvalue weighted by Crippen LogP contribution is -2.35. The molecule has 126 valence electrons. The SMILES string of the molecule is COc1ccc(NC(=O)CN(C)C(=O)Cc2ccccc2F)cc1. The summed E-state index contributed by atoms with van der Waals surface area (Å²) < 4.78 is 18.6. The Bertz CT molecular complexity index is 716. The molecule has 2 aromatic rings. The molecule has 0 fully saturated rings. The van der Waals surface area contributed by atoms with Crippen molar-refractivity contribution in [2.45, 2.75) is 6.42 Å². The molecule has 0 aromatic heterocycles. The summed E-state index contributed by atoms with van der Waals surface area (Å²) in [5, 5.41) is 2.69. The van der Waals surface area contributed by atoms with Gasteiger partial charge in [0, 0.05) is 12.7 Å². The number of amides is 2. The van der Waals surface area contributed by atoms with E-state index in [1.165, 1.54) is 18.0 Å². The van der Waals surface area contributed by atoms with E-state index in [1.807, 2.05) is 0 Å². The van der Waals surface area contributed by atoms with Crippen molar-refractivity contribution in [1.82, 2.24) is 4.90 Å². The molecule has 0 radical (unpaired) electrons. The highest BCUT2D eigenvalue weighted by Gasteiger charge is 2.15. The molecule has 2 amide bonds. The van der Waals surface area contributed by atoms with Crippen molar-refractivity contribution >= 4 is 17.5 Å². The number of carbonyl (C=O) groups is 2. The highest BCUT2D eigenvalue weighted by Crippen LogP contribution is 2.15. The molecule has 0 heterocycles. The van der Waals surface area contributed by atoms with Gasteiger partial charge < -0.3 is 15.0 Å². The molecule has 0 atom stereocenters. The van der Waals surface area contributed by atoms with E-state index in [9.17, 15) is 14.0 Å². The third-order valence-corrected chi connectivity index (χ3v) is 3.48. The number of methoxy groups -OCH3 is 1. The van der Waals surface area contributed by atoms with E-state index < -0.39 is 5.82 Å². The van der Waals surface area contributed by atoms with Gasteiger partial charge in [-0.15, -0.1) is 0 Å². The molecule has 0 unspecified atom stereocenters. The maximum absolute atomic E-state index is 13.6. The van der Waals surface area contributed by atoms with Gasteiger partial charge in [0.2, 0.25) is 11.8 Å². The average Bonchev–Trinajstić information content (AvgIpc) is 2.57. The van der Waals surface area contributed by atoms with Gasteiger partial charge in [-0.2, -0.15) is 0 Å². The number of hydrogen-bond acceptors (Lipinski definition) is 3. The van der Waals surface area contributed by atoms with Crippen molar-refractivity contribution in [3.63, 3.8) is 0 Å². The fraction of sp³-hybridized carbons (Fsp3) is 0.222. The topological polar surface area (TPSA) is 58.6 Å². The first-order chi connectivity index (χ1) is 11.5. The van der Waals surface area contributed by atoms with Crippen LogP contribution in [0.5, 0.6) is 5.75 Å². The number of carbonyl (C=O) groups excluding carboxylic acids is 2. The van der Waals surface area contributed by atoms with Crippen LogP contribution in [0.4, 0.5) is 10.1 Å². The third kappa shape index (κ3) is 4.81. The number of anilines is 1. The highest BCUT2D eigenvalue weighted by atomic mass is 19.1. The zero-order chi connectivity index (χ0) is 17.5. The fourth-order valence-corrected chi connectivity index (χ4v) is 2.12. The second kappa shape index (κ2) is 8.10. The Labute approximate surface area is 140 Å². The summed E-state index contributed by atoms with van der Waals surface area (Å²) in [5.41, 5.74) is 0.917. The van der Waals surface area contributed by atoms with Crippen molar-refractivity contribution in [1.29, 1.82) is 0 Å². The molecule has 0 saturated heterocycles. The van der Waals surface area contributed by atoms with Crippen LogP contribution >= 0.6 is 0 Å². The zero-order valence-electron chi connectivity index (χ0n) is 13.6. The van der Waals surface area contributed by atoms with Gasteiger partial charge in [-0.05, 0) is 35.9 Å². The van der Waals surface area contributed by atoms with Crippen LogP contribution in [0, 0.1) is 5.82 Å².